The Morgan fingerprint density at radius 2 is 2.21 bits per heavy atom. The van der Waals surface area contributed by atoms with Gasteiger partial charge in [-0.25, -0.2) is 4.52 Å². The molecule has 0 aliphatic carbocycles. The number of aryl methyl sites for hydroxylation is 1. The first-order valence-electron chi connectivity index (χ1n) is 6.30. The van der Waals surface area contributed by atoms with Crippen molar-refractivity contribution in [3.05, 3.63) is 23.9 Å². The van der Waals surface area contributed by atoms with E-state index in [0.717, 1.165) is 11.2 Å². The van der Waals surface area contributed by atoms with Gasteiger partial charge in [-0.3, -0.25) is 0 Å². The summed E-state index contributed by atoms with van der Waals surface area (Å²) in [4.78, 5) is 6.36. The summed E-state index contributed by atoms with van der Waals surface area (Å²) in [5.41, 5.74) is 1.08. The molecular formula is C13H21N5O. The minimum Gasteiger partial charge on any atom is -0.387 e. The van der Waals surface area contributed by atoms with Crippen LogP contribution >= 0.6 is 0 Å². The van der Waals surface area contributed by atoms with Crippen LogP contribution in [0.5, 0.6) is 0 Å². The quantitative estimate of drug-likeness (QED) is 0.834. The second-order valence-corrected chi connectivity index (χ2v) is 5.48. The third-order valence-electron chi connectivity index (χ3n) is 2.84. The Morgan fingerprint density at radius 3 is 2.84 bits per heavy atom. The standard InChI is InChI=1S/C13H21N5O/c1-10-6-5-7-18-11(10)15-12(16-18)14-8-13(2,19)9-17(3)4/h5-7,19H,8-9H2,1-4H3,(H,14,16). The van der Waals surface area contributed by atoms with E-state index in [1.807, 2.05) is 44.2 Å². The van der Waals surface area contributed by atoms with Crippen molar-refractivity contribution >= 4 is 11.6 Å². The maximum absolute atomic E-state index is 10.2. The van der Waals surface area contributed by atoms with E-state index in [-0.39, 0.29) is 0 Å². The number of fused-ring (bicyclic) bond motifs is 1. The van der Waals surface area contributed by atoms with Crippen molar-refractivity contribution in [2.45, 2.75) is 19.4 Å². The Labute approximate surface area is 113 Å². The highest BCUT2D eigenvalue weighted by molar-refractivity contribution is 5.49. The summed E-state index contributed by atoms with van der Waals surface area (Å²) in [6.07, 6.45) is 1.86. The molecule has 0 spiro atoms. The van der Waals surface area contributed by atoms with Crippen LogP contribution in [-0.2, 0) is 0 Å². The number of aliphatic hydroxyl groups is 1. The van der Waals surface area contributed by atoms with Gasteiger partial charge in [0.2, 0.25) is 5.95 Å². The van der Waals surface area contributed by atoms with Gasteiger partial charge < -0.3 is 15.3 Å². The third kappa shape index (κ3) is 3.42. The lowest BCUT2D eigenvalue weighted by molar-refractivity contribution is 0.0458. The molecule has 0 radical (unpaired) electrons. The average molecular weight is 263 g/mol. The summed E-state index contributed by atoms with van der Waals surface area (Å²) in [6, 6.07) is 3.93. The summed E-state index contributed by atoms with van der Waals surface area (Å²) in [5.74, 6) is 0.535. The lowest BCUT2D eigenvalue weighted by Crippen LogP contribution is -2.43. The van der Waals surface area contributed by atoms with E-state index in [1.54, 1.807) is 11.4 Å². The van der Waals surface area contributed by atoms with Crippen molar-refractivity contribution in [2.24, 2.45) is 0 Å². The normalized spacial score (nSPS) is 14.8. The Kier molecular flexibility index (Phi) is 3.73. The van der Waals surface area contributed by atoms with Gasteiger partial charge in [-0.2, -0.15) is 4.98 Å². The number of hydrogen-bond acceptors (Lipinski definition) is 5. The first kappa shape index (κ1) is 13.8. The lowest BCUT2D eigenvalue weighted by atomic mass is 10.1. The lowest BCUT2D eigenvalue weighted by Gasteiger charge is -2.26. The minimum atomic E-state index is -0.823. The van der Waals surface area contributed by atoms with Gasteiger partial charge in [-0.1, -0.05) is 6.07 Å². The van der Waals surface area contributed by atoms with E-state index < -0.39 is 5.60 Å². The van der Waals surface area contributed by atoms with Gasteiger partial charge in [0.25, 0.3) is 0 Å². The molecule has 1 atom stereocenters. The van der Waals surface area contributed by atoms with E-state index in [9.17, 15) is 5.11 Å². The van der Waals surface area contributed by atoms with E-state index in [4.69, 9.17) is 0 Å². The maximum atomic E-state index is 10.2. The number of nitrogens with one attached hydrogen (secondary N) is 1. The number of hydrogen-bond donors (Lipinski definition) is 2. The zero-order valence-electron chi connectivity index (χ0n) is 11.9. The SMILES string of the molecule is Cc1cccn2nc(NCC(C)(O)CN(C)C)nc12. The number of likely N-dealkylation sites (N-methyl/N-ethyl adjacent to an activating group) is 1. The number of nitrogens with zero attached hydrogens (tertiary/aromatic N) is 4. The smallest absolute Gasteiger partial charge is 0.243 e. The molecule has 1 unspecified atom stereocenters. The first-order valence-corrected chi connectivity index (χ1v) is 6.30. The van der Waals surface area contributed by atoms with Crippen LogP contribution in [-0.4, -0.2) is 57.4 Å². The maximum Gasteiger partial charge on any atom is 0.243 e. The van der Waals surface area contributed by atoms with Crippen LogP contribution in [0, 0.1) is 6.92 Å². The molecule has 0 aliphatic rings. The molecule has 2 aromatic heterocycles. The van der Waals surface area contributed by atoms with Gasteiger partial charge in [-0.15, -0.1) is 5.10 Å². The van der Waals surface area contributed by atoms with Crippen LogP contribution in [0.3, 0.4) is 0 Å². The van der Waals surface area contributed by atoms with E-state index in [2.05, 4.69) is 15.4 Å². The Balaban J connectivity index is 2.08. The zero-order chi connectivity index (χ0) is 14.0. The average Bonchev–Trinajstić information content (AvgIpc) is 2.69. The Bertz CT molecular complexity index is 561. The molecule has 0 saturated carbocycles. The van der Waals surface area contributed by atoms with Gasteiger partial charge in [0, 0.05) is 19.3 Å². The Hall–Kier alpha value is -1.66. The summed E-state index contributed by atoms with van der Waals surface area (Å²) in [7, 11) is 3.86. The molecule has 0 aromatic carbocycles. The van der Waals surface area contributed by atoms with Crippen LogP contribution in [0.4, 0.5) is 5.95 Å². The van der Waals surface area contributed by atoms with Gasteiger partial charge >= 0.3 is 0 Å². The highest BCUT2D eigenvalue weighted by atomic mass is 16.3. The molecule has 2 heterocycles. The van der Waals surface area contributed by atoms with Crippen LogP contribution < -0.4 is 5.32 Å². The van der Waals surface area contributed by atoms with Crippen LogP contribution in [0.25, 0.3) is 5.65 Å². The second-order valence-electron chi connectivity index (χ2n) is 5.48. The third-order valence-corrected chi connectivity index (χ3v) is 2.84. The van der Waals surface area contributed by atoms with Gasteiger partial charge in [0.1, 0.15) is 0 Å². The van der Waals surface area contributed by atoms with Gasteiger partial charge in [0.15, 0.2) is 5.65 Å². The van der Waals surface area contributed by atoms with Crippen LogP contribution in [0.1, 0.15) is 12.5 Å². The number of pyridine rings is 1. The fourth-order valence-electron chi connectivity index (χ4n) is 2.12. The second kappa shape index (κ2) is 5.14. The molecule has 2 rings (SSSR count). The topological polar surface area (TPSA) is 65.7 Å². The largest absolute Gasteiger partial charge is 0.387 e. The number of rotatable bonds is 5. The van der Waals surface area contributed by atoms with Crippen molar-refractivity contribution in [3.8, 4) is 0 Å². The fraction of sp³-hybridized carbons (Fsp3) is 0.538. The zero-order valence-corrected chi connectivity index (χ0v) is 11.9. The summed E-state index contributed by atoms with van der Waals surface area (Å²) in [5, 5.41) is 17.6. The van der Waals surface area contributed by atoms with E-state index >= 15 is 0 Å². The molecule has 2 aromatic rings. The summed E-state index contributed by atoms with van der Waals surface area (Å²) in [6.45, 7) is 4.77. The predicted molar refractivity (Wildman–Crippen MR) is 75.4 cm³/mol. The molecule has 19 heavy (non-hydrogen) atoms. The fourth-order valence-corrected chi connectivity index (χ4v) is 2.12. The number of anilines is 1. The van der Waals surface area contributed by atoms with E-state index in [0.29, 0.717) is 19.0 Å². The molecule has 0 aliphatic heterocycles. The van der Waals surface area contributed by atoms with Crippen molar-refractivity contribution in [1.29, 1.82) is 0 Å². The highest BCUT2D eigenvalue weighted by Gasteiger charge is 2.21. The minimum absolute atomic E-state index is 0.404. The first-order chi connectivity index (χ1) is 8.87. The van der Waals surface area contributed by atoms with Crippen molar-refractivity contribution < 1.29 is 5.11 Å². The molecule has 0 amide bonds. The molecule has 0 bridgehead atoms. The predicted octanol–water partition coefficient (Wildman–Crippen LogP) is 0.762. The highest BCUT2D eigenvalue weighted by Crippen LogP contribution is 2.11. The molecule has 0 saturated heterocycles. The molecule has 0 fully saturated rings. The molecule has 6 nitrogen and oxygen atoms in total. The van der Waals surface area contributed by atoms with Crippen molar-refractivity contribution in [2.75, 3.05) is 32.5 Å². The van der Waals surface area contributed by atoms with Gasteiger partial charge in [-0.05, 0) is 39.6 Å². The summed E-state index contributed by atoms with van der Waals surface area (Å²) >= 11 is 0. The molecular weight excluding hydrogens is 242 g/mol. The Morgan fingerprint density at radius 1 is 1.47 bits per heavy atom. The number of aromatic nitrogens is 3. The summed E-state index contributed by atoms with van der Waals surface area (Å²) < 4.78 is 1.73. The van der Waals surface area contributed by atoms with Crippen LogP contribution in [0.2, 0.25) is 0 Å². The van der Waals surface area contributed by atoms with Crippen molar-refractivity contribution in [3.63, 3.8) is 0 Å². The monoisotopic (exact) mass is 263 g/mol. The molecule has 104 valence electrons. The van der Waals surface area contributed by atoms with Crippen molar-refractivity contribution in [1.82, 2.24) is 19.5 Å². The molecule has 6 heteroatoms. The van der Waals surface area contributed by atoms with E-state index in [1.165, 1.54) is 0 Å². The van der Waals surface area contributed by atoms with Gasteiger partial charge in [0.05, 0.1) is 5.60 Å². The molecule has 2 N–H and O–H groups in total. The van der Waals surface area contributed by atoms with Crippen LogP contribution in [0.15, 0.2) is 18.3 Å².